The van der Waals surface area contributed by atoms with Crippen LogP contribution in [-0.2, 0) is 35.0 Å². The molecular weight excluding hydrogens is 98.9 g/mol. The van der Waals surface area contributed by atoms with Crippen LogP contribution >= 0.6 is 0 Å². The number of rotatable bonds is 0. The number of hydrogen-bond acceptors (Lipinski definition) is 0. The van der Waals surface area contributed by atoms with Crippen molar-refractivity contribution in [1.82, 2.24) is 0 Å². The Morgan fingerprint density at radius 1 is 0.500 bits per heavy atom. The van der Waals surface area contributed by atoms with Crippen molar-refractivity contribution >= 4 is 0 Å². The van der Waals surface area contributed by atoms with Crippen LogP contribution in [0.2, 0.25) is 0 Å². The molecule has 0 atom stereocenters. The summed E-state index contributed by atoms with van der Waals surface area (Å²) in [5.41, 5.74) is 0. The second-order valence-corrected chi connectivity index (χ2v) is 0. The van der Waals surface area contributed by atoms with Gasteiger partial charge in [0.05, 0.1) is 0 Å². The van der Waals surface area contributed by atoms with Gasteiger partial charge in [-0.3, -0.25) is 0 Å². The third kappa shape index (κ3) is 24.5. The van der Waals surface area contributed by atoms with Crippen molar-refractivity contribution in [3.8, 4) is 0 Å². The maximum absolute atomic E-state index is 0. The van der Waals surface area contributed by atoms with Crippen molar-refractivity contribution in [3.63, 3.8) is 0 Å². The van der Waals surface area contributed by atoms with E-state index in [1.54, 1.807) is 0 Å². The summed E-state index contributed by atoms with van der Waals surface area (Å²) >= 11 is 0. The molecular formula is O3V-. The van der Waals surface area contributed by atoms with E-state index in [1.807, 2.05) is 0 Å². The Morgan fingerprint density at radius 2 is 0.500 bits per heavy atom. The molecule has 0 unspecified atom stereocenters. The second-order valence-electron chi connectivity index (χ2n) is 0. The monoisotopic (exact) mass is 98.9 g/mol. The van der Waals surface area contributed by atoms with Gasteiger partial charge in [0.1, 0.15) is 0 Å². The molecule has 4 heavy (non-hydrogen) atoms. The van der Waals surface area contributed by atoms with Crippen LogP contribution in [0.5, 0.6) is 0 Å². The molecule has 0 spiro atoms. The Balaban J connectivity index is 0. The molecule has 24 valence electrons. The fourth-order valence-electron chi connectivity index (χ4n) is 0. The zero-order chi connectivity index (χ0) is 0. The minimum atomic E-state index is 0. The van der Waals surface area contributed by atoms with Crippen LogP contribution in [0.25, 0.3) is 0 Å². The molecule has 0 rings (SSSR count). The fourth-order valence-corrected chi connectivity index (χ4v) is 0. The van der Waals surface area contributed by atoms with Crippen molar-refractivity contribution in [2.45, 2.75) is 0 Å². The van der Waals surface area contributed by atoms with E-state index in [0.717, 1.165) is 0 Å². The fraction of sp³-hybridized carbons (Fsp3) is 0. The van der Waals surface area contributed by atoms with Crippen LogP contribution < -0.4 is 0 Å². The molecule has 0 heterocycles. The molecule has 0 radical (unpaired) electrons. The van der Waals surface area contributed by atoms with Gasteiger partial charge in [0, 0.05) is 0 Å². The smallest absolute Gasteiger partial charge is 2.00 e. The van der Waals surface area contributed by atoms with Crippen LogP contribution in [0, 0.1) is 0 Å². The van der Waals surface area contributed by atoms with Crippen LogP contribution in [0.3, 0.4) is 0 Å². The first-order valence-electron chi connectivity index (χ1n) is 0. The van der Waals surface area contributed by atoms with Gasteiger partial charge in [-0.15, -0.1) is 0 Å². The van der Waals surface area contributed by atoms with E-state index in [9.17, 15) is 0 Å². The molecule has 0 aromatic heterocycles. The predicted octanol–water partition coefficient (Wildman–Crippen LogP) is -0.359. The van der Waals surface area contributed by atoms with E-state index < -0.39 is 0 Å². The van der Waals surface area contributed by atoms with E-state index in [1.165, 1.54) is 0 Å². The van der Waals surface area contributed by atoms with Gasteiger partial charge in [-0.2, -0.15) is 0 Å². The van der Waals surface area contributed by atoms with Gasteiger partial charge in [-0.05, 0) is 0 Å². The van der Waals surface area contributed by atoms with Gasteiger partial charge >= 0.3 is 18.6 Å². The third-order valence-electron chi connectivity index (χ3n) is 0. The van der Waals surface area contributed by atoms with Crippen molar-refractivity contribution < 1.29 is 35.0 Å². The average Bonchev–Trinajstić information content (AvgIpc) is 0. The first-order valence-corrected chi connectivity index (χ1v) is 0. The van der Waals surface area contributed by atoms with Crippen molar-refractivity contribution in [2.24, 2.45) is 0 Å². The normalized spacial score (nSPS) is 0. The maximum Gasteiger partial charge on any atom is 5.00 e. The summed E-state index contributed by atoms with van der Waals surface area (Å²) in [6.07, 6.45) is 0. The molecule has 0 saturated carbocycles. The molecule has 0 saturated heterocycles. The minimum absolute atomic E-state index is 0. The van der Waals surface area contributed by atoms with Crippen LogP contribution in [-0.4, -0.2) is 0 Å². The van der Waals surface area contributed by atoms with Gasteiger partial charge in [-0.25, -0.2) is 0 Å². The summed E-state index contributed by atoms with van der Waals surface area (Å²) < 4.78 is 0. The van der Waals surface area contributed by atoms with Gasteiger partial charge in [-0.1, -0.05) is 0 Å². The SMILES string of the molecule is [O-2].[O-2].[O-2].[V+5]. The Bertz CT molecular complexity index is 3.25. The van der Waals surface area contributed by atoms with Gasteiger partial charge in [0.15, 0.2) is 0 Å². The Morgan fingerprint density at radius 3 is 0.500 bits per heavy atom. The van der Waals surface area contributed by atoms with E-state index in [2.05, 4.69) is 0 Å². The summed E-state index contributed by atoms with van der Waals surface area (Å²) in [6, 6.07) is 0. The van der Waals surface area contributed by atoms with Crippen molar-refractivity contribution in [2.75, 3.05) is 0 Å². The summed E-state index contributed by atoms with van der Waals surface area (Å²) in [7, 11) is 0. The molecule has 0 N–H and O–H groups in total. The Kier molecular flexibility index (Phi) is 6060. The first-order chi connectivity index (χ1) is 0. The zero-order valence-electron chi connectivity index (χ0n) is 1.67. The van der Waals surface area contributed by atoms with E-state index in [4.69, 9.17) is 0 Å². The molecule has 0 aliphatic carbocycles. The maximum atomic E-state index is 0. The zero-order valence-corrected chi connectivity index (χ0v) is 3.07. The summed E-state index contributed by atoms with van der Waals surface area (Å²) in [5.74, 6) is 0. The van der Waals surface area contributed by atoms with Crippen LogP contribution in [0.4, 0.5) is 0 Å². The second kappa shape index (κ2) is 97.6. The Hall–Kier alpha value is 0.464. The average molecular weight is 98.9 g/mol. The molecule has 0 bridgehead atoms. The minimum Gasteiger partial charge on any atom is -2.00 e. The predicted molar refractivity (Wildman–Crippen MR) is 2.06 cm³/mol. The molecule has 4 heteroatoms. The quantitative estimate of drug-likeness (QED) is 0.397. The summed E-state index contributed by atoms with van der Waals surface area (Å²) in [6.45, 7) is 0. The summed E-state index contributed by atoms with van der Waals surface area (Å²) in [4.78, 5) is 0. The standard InChI is InChI=1S/3O.V/q3*-2;+5. The van der Waals surface area contributed by atoms with E-state index >= 15 is 0 Å². The number of hydrogen-bond donors (Lipinski definition) is 0. The molecule has 0 aromatic rings. The topological polar surface area (TPSA) is 85.5 Å². The molecule has 0 amide bonds. The van der Waals surface area contributed by atoms with Crippen LogP contribution in [0.1, 0.15) is 0 Å². The van der Waals surface area contributed by atoms with E-state index in [-0.39, 0.29) is 35.0 Å². The van der Waals surface area contributed by atoms with Gasteiger partial charge < -0.3 is 16.4 Å². The largest absolute Gasteiger partial charge is 5.00 e. The van der Waals surface area contributed by atoms with Crippen LogP contribution in [0.15, 0.2) is 0 Å². The van der Waals surface area contributed by atoms with E-state index in [0.29, 0.717) is 0 Å². The Labute approximate surface area is 35.8 Å². The first kappa shape index (κ1) is 248. The van der Waals surface area contributed by atoms with Gasteiger partial charge in [0.25, 0.3) is 0 Å². The summed E-state index contributed by atoms with van der Waals surface area (Å²) in [5, 5.41) is 0. The molecule has 3 nitrogen and oxygen atoms in total. The molecule has 0 aliphatic rings. The van der Waals surface area contributed by atoms with Crippen molar-refractivity contribution in [1.29, 1.82) is 0 Å². The molecule has 0 aliphatic heterocycles. The molecule has 0 aromatic carbocycles. The molecule has 0 fully saturated rings. The third-order valence-corrected chi connectivity index (χ3v) is 0. The van der Waals surface area contributed by atoms with Gasteiger partial charge in [0.2, 0.25) is 0 Å². The van der Waals surface area contributed by atoms with Crippen molar-refractivity contribution in [3.05, 3.63) is 0 Å².